The van der Waals surface area contributed by atoms with Gasteiger partial charge in [0.05, 0.1) is 9.83 Å². The first-order valence-corrected chi connectivity index (χ1v) is 6.93. The lowest BCUT2D eigenvalue weighted by Crippen LogP contribution is -2.17. The predicted molar refractivity (Wildman–Crippen MR) is 74.4 cm³/mol. The summed E-state index contributed by atoms with van der Waals surface area (Å²) in [6.45, 7) is 0. The van der Waals surface area contributed by atoms with Crippen LogP contribution in [0.5, 0.6) is 0 Å². The van der Waals surface area contributed by atoms with Crippen LogP contribution in [0.3, 0.4) is 0 Å². The quantitative estimate of drug-likeness (QED) is 0.881. The fourth-order valence-electron chi connectivity index (χ4n) is 1.69. The molecule has 2 rings (SSSR count). The minimum absolute atomic E-state index is 0.149. The van der Waals surface area contributed by atoms with E-state index in [-0.39, 0.29) is 6.04 Å². The lowest BCUT2D eigenvalue weighted by molar-refractivity contribution is 0.694. The number of thiophene rings is 1. The van der Waals surface area contributed by atoms with Crippen molar-refractivity contribution in [2.24, 2.45) is 0 Å². The van der Waals surface area contributed by atoms with Crippen molar-refractivity contribution in [2.45, 2.75) is 6.04 Å². The lowest BCUT2D eigenvalue weighted by Gasteiger charge is -2.16. The van der Waals surface area contributed by atoms with Crippen LogP contribution in [0.2, 0.25) is 5.02 Å². The van der Waals surface area contributed by atoms with Gasteiger partial charge in [-0.1, -0.05) is 29.8 Å². The maximum atomic E-state index is 6.21. The molecule has 1 unspecified atom stereocenters. The molecule has 0 saturated heterocycles. The van der Waals surface area contributed by atoms with Gasteiger partial charge >= 0.3 is 0 Å². The fourth-order valence-corrected chi connectivity index (χ4v) is 3.13. The molecule has 84 valence electrons. The van der Waals surface area contributed by atoms with E-state index in [1.807, 2.05) is 25.2 Å². The van der Waals surface area contributed by atoms with Crippen molar-refractivity contribution in [2.75, 3.05) is 7.05 Å². The van der Waals surface area contributed by atoms with Crippen molar-refractivity contribution in [3.05, 3.63) is 55.6 Å². The number of hydrogen-bond acceptors (Lipinski definition) is 2. The van der Waals surface area contributed by atoms with Gasteiger partial charge in [-0.3, -0.25) is 0 Å². The molecule has 4 heteroatoms. The Hall–Kier alpha value is -0.350. The first-order valence-electron chi connectivity index (χ1n) is 4.88. The summed E-state index contributed by atoms with van der Waals surface area (Å²) in [4.78, 5) is 0. The molecule has 1 aromatic carbocycles. The zero-order chi connectivity index (χ0) is 11.5. The second-order valence-electron chi connectivity index (χ2n) is 3.43. The Morgan fingerprint density at radius 3 is 2.69 bits per heavy atom. The van der Waals surface area contributed by atoms with Gasteiger partial charge < -0.3 is 5.32 Å². The third kappa shape index (κ3) is 2.48. The van der Waals surface area contributed by atoms with E-state index in [1.54, 1.807) is 11.3 Å². The van der Waals surface area contributed by atoms with Crippen LogP contribution >= 0.6 is 38.9 Å². The third-order valence-corrected chi connectivity index (χ3v) is 4.29. The van der Waals surface area contributed by atoms with Crippen LogP contribution in [-0.2, 0) is 0 Å². The molecule has 1 heterocycles. The van der Waals surface area contributed by atoms with Gasteiger partial charge in [-0.05, 0) is 51.6 Å². The minimum Gasteiger partial charge on any atom is -0.309 e. The zero-order valence-electron chi connectivity index (χ0n) is 8.71. The highest BCUT2D eigenvalue weighted by Gasteiger charge is 2.15. The van der Waals surface area contributed by atoms with E-state index in [2.05, 4.69) is 38.8 Å². The lowest BCUT2D eigenvalue weighted by atomic mass is 10.0. The van der Waals surface area contributed by atoms with Crippen LogP contribution in [0.25, 0.3) is 0 Å². The van der Waals surface area contributed by atoms with Crippen LogP contribution in [0.15, 0.2) is 39.5 Å². The highest BCUT2D eigenvalue weighted by molar-refractivity contribution is 9.11. The number of nitrogens with one attached hydrogen (secondary N) is 1. The maximum Gasteiger partial charge on any atom is 0.0701 e. The average molecular weight is 317 g/mol. The van der Waals surface area contributed by atoms with Crippen LogP contribution in [-0.4, -0.2) is 7.05 Å². The third-order valence-electron chi connectivity index (χ3n) is 2.43. The van der Waals surface area contributed by atoms with E-state index in [9.17, 15) is 0 Å². The summed E-state index contributed by atoms with van der Waals surface area (Å²) in [5.41, 5.74) is 2.34. The van der Waals surface area contributed by atoms with Crippen molar-refractivity contribution in [1.82, 2.24) is 5.32 Å². The van der Waals surface area contributed by atoms with E-state index in [4.69, 9.17) is 11.6 Å². The molecule has 1 nitrogen and oxygen atoms in total. The monoisotopic (exact) mass is 315 g/mol. The van der Waals surface area contributed by atoms with Crippen LogP contribution < -0.4 is 5.32 Å². The molecule has 2 aromatic rings. The van der Waals surface area contributed by atoms with Gasteiger partial charge in [-0.2, -0.15) is 0 Å². The molecular weight excluding hydrogens is 306 g/mol. The second kappa shape index (κ2) is 5.32. The molecule has 1 N–H and O–H groups in total. The van der Waals surface area contributed by atoms with Crippen molar-refractivity contribution in [3.8, 4) is 0 Å². The van der Waals surface area contributed by atoms with Gasteiger partial charge in [0.15, 0.2) is 0 Å². The SMILES string of the molecule is CNC(c1csc(Br)c1)c1ccccc1Cl. The predicted octanol–water partition coefficient (Wildman–Crippen LogP) is 4.47. The smallest absolute Gasteiger partial charge is 0.0701 e. The summed E-state index contributed by atoms with van der Waals surface area (Å²) >= 11 is 11.4. The van der Waals surface area contributed by atoms with Gasteiger partial charge in [0.1, 0.15) is 0 Å². The molecular formula is C12H11BrClNS. The minimum atomic E-state index is 0.149. The molecule has 1 aromatic heterocycles. The maximum absolute atomic E-state index is 6.21. The second-order valence-corrected chi connectivity index (χ2v) is 6.13. The topological polar surface area (TPSA) is 12.0 Å². The number of hydrogen-bond donors (Lipinski definition) is 1. The summed E-state index contributed by atoms with van der Waals surface area (Å²) in [6.07, 6.45) is 0. The summed E-state index contributed by atoms with van der Waals surface area (Å²) in [6, 6.07) is 10.2. The molecule has 0 saturated carbocycles. The molecule has 0 spiro atoms. The Bertz CT molecular complexity index is 483. The van der Waals surface area contributed by atoms with Crippen molar-refractivity contribution in [3.63, 3.8) is 0 Å². The Labute approximate surface area is 113 Å². The Balaban J connectivity index is 2.40. The highest BCUT2D eigenvalue weighted by atomic mass is 79.9. The van der Waals surface area contributed by atoms with Gasteiger partial charge in [-0.15, -0.1) is 11.3 Å². The Morgan fingerprint density at radius 1 is 1.38 bits per heavy atom. The van der Waals surface area contributed by atoms with E-state index in [0.29, 0.717) is 0 Å². The largest absolute Gasteiger partial charge is 0.309 e. The van der Waals surface area contributed by atoms with Gasteiger partial charge in [-0.25, -0.2) is 0 Å². The standard InChI is InChI=1S/C12H11BrClNS/c1-15-12(8-6-11(13)16-7-8)9-4-2-3-5-10(9)14/h2-7,12,15H,1H3. The molecule has 0 fully saturated rings. The van der Waals surface area contributed by atoms with Gasteiger partial charge in [0.25, 0.3) is 0 Å². The van der Waals surface area contributed by atoms with Crippen molar-refractivity contribution < 1.29 is 0 Å². The summed E-state index contributed by atoms with van der Waals surface area (Å²) < 4.78 is 1.13. The zero-order valence-corrected chi connectivity index (χ0v) is 11.9. The van der Waals surface area contributed by atoms with Gasteiger partial charge in [0.2, 0.25) is 0 Å². The molecule has 0 radical (unpaired) electrons. The van der Waals surface area contributed by atoms with Gasteiger partial charge in [0, 0.05) is 5.02 Å². The normalized spacial score (nSPS) is 12.7. The van der Waals surface area contributed by atoms with E-state index >= 15 is 0 Å². The molecule has 0 bridgehead atoms. The van der Waals surface area contributed by atoms with Crippen LogP contribution in [0, 0.1) is 0 Å². The molecule has 16 heavy (non-hydrogen) atoms. The molecule has 0 aliphatic carbocycles. The van der Waals surface area contributed by atoms with E-state index < -0.39 is 0 Å². The van der Waals surface area contributed by atoms with Crippen molar-refractivity contribution in [1.29, 1.82) is 0 Å². The fraction of sp³-hybridized carbons (Fsp3) is 0.167. The Morgan fingerprint density at radius 2 is 2.12 bits per heavy atom. The number of halogens is 2. The summed E-state index contributed by atoms with van der Waals surface area (Å²) in [5.74, 6) is 0. The average Bonchev–Trinajstić information content (AvgIpc) is 2.69. The van der Waals surface area contributed by atoms with E-state index in [0.717, 1.165) is 14.4 Å². The Kier molecular flexibility index (Phi) is 4.03. The first kappa shape index (κ1) is 12.1. The van der Waals surface area contributed by atoms with Crippen LogP contribution in [0.1, 0.15) is 17.2 Å². The molecule has 1 atom stereocenters. The molecule has 0 amide bonds. The highest BCUT2D eigenvalue weighted by Crippen LogP contribution is 2.32. The summed E-state index contributed by atoms with van der Waals surface area (Å²) in [5, 5.41) is 6.22. The first-order chi connectivity index (χ1) is 7.72. The van der Waals surface area contributed by atoms with Crippen LogP contribution in [0.4, 0.5) is 0 Å². The molecule has 0 aliphatic heterocycles. The van der Waals surface area contributed by atoms with E-state index in [1.165, 1.54) is 5.56 Å². The number of rotatable bonds is 3. The molecule has 0 aliphatic rings. The number of benzene rings is 1. The summed E-state index contributed by atoms with van der Waals surface area (Å²) in [7, 11) is 1.94. The van der Waals surface area contributed by atoms with Crippen molar-refractivity contribution >= 4 is 38.9 Å².